The smallest absolute Gasteiger partial charge is 0.408 e. The summed E-state index contributed by atoms with van der Waals surface area (Å²) in [7, 11) is 0. The number of aromatic nitrogens is 6. The van der Waals surface area contributed by atoms with E-state index in [1.807, 2.05) is 163 Å². The first-order chi connectivity index (χ1) is 57.4. The van der Waals surface area contributed by atoms with Crippen molar-refractivity contribution in [3.63, 3.8) is 0 Å². The van der Waals surface area contributed by atoms with Crippen LogP contribution in [0.4, 0.5) is 14.4 Å². The molecule has 6 amide bonds. The normalized spacial score (nSPS) is 29.8. The van der Waals surface area contributed by atoms with Crippen molar-refractivity contribution in [2.45, 2.75) is 310 Å². The second kappa shape index (κ2) is 42.1. The van der Waals surface area contributed by atoms with Crippen LogP contribution in [0.3, 0.4) is 0 Å². The average Bonchev–Trinajstić information content (AvgIpc) is 1.63. The van der Waals surface area contributed by atoms with E-state index >= 15 is 0 Å². The topological polar surface area (TPSA) is 332 Å². The third kappa shape index (κ3) is 23.1. The van der Waals surface area contributed by atoms with E-state index in [9.17, 15) is 43.2 Å². The van der Waals surface area contributed by atoms with Crippen molar-refractivity contribution < 1.29 is 127 Å². The number of fused-ring (bicyclic) bond motifs is 15. The maximum atomic E-state index is 14.1. The van der Waals surface area contributed by atoms with Gasteiger partial charge in [-0.3, -0.25) is 14.4 Å². The third-order valence-electron chi connectivity index (χ3n) is 26.2. The van der Waals surface area contributed by atoms with Crippen molar-refractivity contribution in [1.29, 1.82) is 0 Å². The van der Waals surface area contributed by atoms with Gasteiger partial charge in [-0.15, -0.1) is 0 Å². The number of hydrogen-bond acceptors (Lipinski definition) is 21. The number of hydrogen-bond donors (Lipinski definition) is 3. The van der Waals surface area contributed by atoms with E-state index in [4.69, 9.17) is 58.3 Å². The van der Waals surface area contributed by atoms with Crippen molar-refractivity contribution in [3.8, 4) is 17.6 Å². The molecule has 6 bridgehead atoms. The molecular weight excluding hydrogens is 1680 g/mol. The number of ether oxygens (including phenoxy) is 6. The predicted octanol–water partition coefficient (Wildman–Crippen LogP) is 14.3. The number of aryl methyl sites for hydroxylation is 3. The second-order valence-corrected chi connectivity index (χ2v) is 38.0. The van der Waals surface area contributed by atoms with E-state index in [-0.39, 0.29) is 123 Å². The molecule has 123 heavy (non-hydrogen) atoms. The summed E-state index contributed by atoms with van der Waals surface area (Å²) in [6.07, 6.45) is 23.5. The second-order valence-electron chi connectivity index (χ2n) is 38.0. The Balaban J connectivity index is 0.000000191. The van der Waals surface area contributed by atoms with Crippen molar-refractivity contribution in [2.75, 3.05) is 19.6 Å². The maximum absolute atomic E-state index is 14.1. The van der Waals surface area contributed by atoms with Gasteiger partial charge in [-0.25, -0.2) is 63.1 Å². The summed E-state index contributed by atoms with van der Waals surface area (Å²) < 4.78 is 37.1. The van der Waals surface area contributed by atoms with Crippen LogP contribution in [0.1, 0.15) is 236 Å². The molecule has 18 atom stereocenters. The van der Waals surface area contributed by atoms with Gasteiger partial charge in [-0.05, 0) is 179 Å². The molecule has 9 heterocycles. The Morgan fingerprint density at radius 2 is 0.707 bits per heavy atom. The van der Waals surface area contributed by atoms with Gasteiger partial charge >= 0.3 is 18.3 Å². The Morgan fingerprint density at radius 3 is 1.05 bits per heavy atom. The third-order valence-corrected chi connectivity index (χ3v) is 26.2. The molecular formula is C93H123N12O15V3-3. The van der Waals surface area contributed by atoms with E-state index in [1.54, 1.807) is 0 Å². The van der Waals surface area contributed by atoms with Crippen LogP contribution < -0.4 is 30.2 Å². The first kappa shape index (κ1) is 97.3. The van der Waals surface area contributed by atoms with Crippen LogP contribution in [-0.4, -0.2) is 191 Å². The van der Waals surface area contributed by atoms with Gasteiger partial charge in [0.2, 0.25) is 35.4 Å². The molecule has 27 nitrogen and oxygen atoms in total. The molecule has 3 aliphatic carbocycles. The molecule has 15 rings (SSSR count). The van der Waals surface area contributed by atoms with Gasteiger partial charge in [0.25, 0.3) is 0 Å². The summed E-state index contributed by atoms with van der Waals surface area (Å²) in [6, 6.07) is 18.2. The number of amides is 6. The minimum absolute atomic E-state index is 0. The van der Waals surface area contributed by atoms with Gasteiger partial charge in [0, 0.05) is 61.6 Å². The van der Waals surface area contributed by atoms with Crippen molar-refractivity contribution >= 4 is 88.0 Å². The molecule has 663 valence electrons. The number of benzene rings is 3. The van der Waals surface area contributed by atoms with E-state index in [0.29, 0.717) is 54.7 Å². The molecule has 30 heteroatoms. The number of nitrogens with zero attached hydrogens (tertiary/aromatic N) is 9. The average molecular weight is 1800 g/mol. The fraction of sp³-hybridized carbons (Fsp3) is 0.645. The minimum atomic E-state index is -0.886. The molecule has 6 aliphatic heterocycles. The number of nitrogens with one attached hydrogen (secondary N) is 3. The summed E-state index contributed by atoms with van der Waals surface area (Å²) >= 11 is 0. The molecule has 9 aliphatic rings. The molecule has 0 spiro atoms. The van der Waals surface area contributed by atoms with Crippen LogP contribution in [0, 0.1) is 51.8 Å². The van der Waals surface area contributed by atoms with Gasteiger partial charge in [0.05, 0.1) is 52.7 Å². The van der Waals surface area contributed by atoms with Gasteiger partial charge in [-0.1, -0.05) is 195 Å². The summed E-state index contributed by atoms with van der Waals surface area (Å²) in [5.41, 5.74) is 4.72. The largest absolute Gasteiger partial charge is 0.540 e. The number of alkyl carbamates (subject to hydrolysis) is 3. The first-order valence-corrected chi connectivity index (χ1v) is 44.2. The Hall–Kier alpha value is -7.94. The zero-order valence-electron chi connectivity index (χ0n) is 73.6. The quantitative estimate of drug-likeness (QED) is 0.103. The molecule has 0 unspecified atom stereocenters. The van der Waals surface area contributed by atoms with E-state index in [2.05, 4.69) is 34.8 Å². The Morgan fingerprint density at radius 1 is 0.390 bits per heavy atom. The Bertz CT molecular complexity index is 4700. The van der Waals surface area contributed by atoms with Crippen molar-refractivity contribution in [1.82, 2.24) is 60.6 Å². The molecule has 6 fully saturated rings. The standard InChI is InChI=1S/C32H43N4O5.C31H41N4O5.C30H39N4O5.3V/c1-5-21-25(19-37)36-18-27(21)40-29-24(33-22-14-9-10-15-23(22)34-29)16-8-6-7-12-20-13-11-17-26(20)41-31(39)35-28(30(36)38)32(2,3)4;1-6-20-24(18-36)35-17-25(20)39-27-23(32-21-13-10-11-14-22(21)33-27)15-9-7-8-12-19-16-31(19,5)40-29(38)34-26(28(35)37)30(2,3)4;1-5-19-23(17-35)34-16-25(19)38-27-22(31-20-12-9-10-13-21(20)32-27)14-8-6-7-11-18-15-24(18)39-29(37)33-26(28(34)36)30(2,3)4;;;/h9-10,14-15,20-21,25-28H,5-8,11-13,16-18H2,1-4H3,(H,35,39);10-11,13-14,19-20,24-26H,6-9,12,15-17H2,1-5H3,(H,34,38);9-10,12-13,18-19,23-26H,5-8,11,14-16H2,1-4H3,(H,33,37);;;/q3*-1;;;/t20-,21+,25-,26-,27+,28-;19-,20+,24-,25+,26-,31-;18-,19+,23-,24-,25+,26-;;;/m111.../s1. The van der Waals surface area contributed by atoms with E-state index in [0.717, 1.165) is 179 Å². The molecule has 3 N–H and O–H groups in total. The molecule has 3 saturated heterocycles. The van der Waals surface area contributed by atoms with Crippen LogP contribution >= 0.6 is 0 Å². The Labute approximate surface area is 759 Å². The number of rotatable bonds is 6. The number of carbonyl (C=O) groups is 6. The molecule has 3 saturated carbocycles. The van der Waals surface area contributed by atoms with Crippen LogP contribution in [0.15, 0.2) is 72.8 Å². The summed E-state index contributed by atoms with van der Waals surface area (Å²) in [5.74, 6) is 0.556. The van der Waals surface area contributed by atoms with Crippen molar-refractivity contribution in [2.24, 2.45) is 51.8 Å². The number of para-hydroxylation sites is 6. The Kier molecular flexibility index (Phi) is 33.3. The molecule has 3 aromatic carbocycles. The fourth-order valence-electron chi connectivity index (χ4n) is 19.0. The van der Waals surface area contributed by atoms with Crippen LogP contribution in [0.2, 0.25) is 0 Å². The van der Waals surface area contributed by atoms with Gasteiger partial charge < -0.3 is 73.5 Å². The zero-order valence-corrected chi connectivity index (χ0v) is 77.8. The van der Waals surface area contributed by atoms with E-state index < -0.39 is 94.7 Å². The van der Waals surface area contributed by atoms with Gasteiger partial charge in [-0.2, -0.15) is 0 Å². The predicted molar refractivity (Wildman–Crippen MR) is 451 cm³/mol. The van der Waals surface area contributed by atoms with Gasteiger partial charge in [0.1, 0.15) is 71.3 Å². The number of carbonyl (C=O) groups excluding carboxylic acids is 9. The summed E-state index contributed by atoms with van der Waals surface area (Å²) in [4.78, 5) is 152. The molecule has 6 aromatic rings. The van der Waals surface area contributed by atoms with Crippen LogP contribution in [0.25, 0.3) is 33.1 Å². The van der Waals surface area contributed by atoms with Crippen molar-refractivity contribution in [3.05, 3.63) is 89.9 Å². The SMILES string of the molecule is CC[C@@H]1[C@@H]2CN(C(=O)[C@H](C(C)(C)C)NC(=O)O[C@@H]3CCC[C@H]3CCCCCc3nc4ccccc4nc3O2)[C@@H]1[C-]=O.CC[C@@H]1[C@@H]2CN(C(=O)[C@H](C(C)(C)C)NC(=O)O[C@@H]3C[C@H]3CCCCCc3nc4ccccc4nc3O2)[C@@H]1[C-]=O.CC[C@@H]1[C@@H]2CN(C(=O)[C@H](C(C)(C)C)NC(=O)O[C@]3(C)C[C@H]3CCCCCc3nc4ccccc4nc3O2)[C@@H]1[C-]=O.[V].[V].[V]. The monoisotopic (exact) mass is 1800 g/mol. The fourth-order valence-corrected chi connectivity index (χ4v) is 19.0. The zero-order chi connectivity index (χ0) is 85.5. The summed E-state index contributed by atoms with van der Waals surface area (Å²) in [6.45, 7) is 25.5. The maximum Gasteiger partial charge on any atom is 0.408 e. The minimum Gasteiger partial charge on any atom is -0.540 e. The van der Waals surface area contributed by atoms with E-state index in [1.165, 1.54) is 14.7 Å². The summed E-state index contributed by atoms with van der Waals surface area (Å²) in [5, 5.41) is 8.54. The first-order valence-electron chi connectivity index (χ1n) is 44.2. The molecule has 3 aromatic heterocycles. The van der Waals surface area contributed by atoms with Crippen LogP contribution in [-0.2, 0) is 118 Å². The van der Waals surface area contributed by atoms with Crippen LogP contribution in [0.5, 0.6) is 17.6 Å². The van der Waals surface area contributed by atoms with Gasteiger partial charge in [0.15, 0.2) is 0 Å². The molecule has 3 radical (unpaired) electrons.